The molecule has 0 aromatic heterocycles. The van der Waals surface area contributed by atoms with Crippen LogP contribution in [0, 0.1) is 6.92 Å². The average molecular weight is 324 g/mol. The molecule has 2 aromatic carbocycles. The molecular weight excluding hydrogens is 312 g/mol. The first-order chi connectivity index (χ1) is 9.88. The zero-order chi connectivity index (χ0) is 15.6. The van der Waals surface area contributed by atoms with Gasteiger partial charge in [0.15, 0.2) is 0 Å². The highest BCUT2D eigenvalue weighted by molar-refractivity contribution is 6.62. The summed E-state index contributed by atoms with van der Waals surface area (Å²) in [5.74, 6) is -0.365. The Kier molecular flexibility index (Phi) is 4.90. The molecule has 7 heteroatoms. The van der Waals surface area contributed by atoms with Gasteiger partial charge in [-0.2, -0.15) is 0 Å². The Morgan fingerprint density at radius 3 is 2.38 bits per heavy atom. The molecule has 2 aromatic rings. The molecule has 108 valence electrons. The number of carbonyl (C=O) groups is 1. The van der Waals surface area contributed by atoms with Gasteiger partial charge in [-0.05, 0) is 36.8 Å². The van der Waals surface area contributed by atoms with E-state index in [0.29, 0.717) is 16.3 Å². The Bertz CT molecular complexity index is 692. The van der Waals surface area contributed by atoms with Gasteiger partial charge in [-0.15, -0.1) is 0 Å². The number of hydrogen-bond donors (Lipinski definition) is 3. The fourth-order valence-electron chi connectivity index (χ4n) is 1.75. The van der Waals surface area contributed by atoms with E-state index in [-0.39, 0.29) is 16.4 Å². The lowest BCUT2D eigenvalue weighted by molar-refractivity contribution is 0.102. The maximum absolute atomic E-state index is 12.1. The summed E-state index contributed by atoms with van der Waals surface area (Å²) in [4.78, 5) is 12.1. The normalized spacial score (nSPS) is 10.3. The summed E-state index contributed by atoms with van der Waals surface area (Å²) in [6.07, 6.45) is 0. The maximum atomic E-state index is 12.1. The van der Waals surface area contributed by atoms with Crippen LogP contribution in [0.25, 0.3) is 0 Å². The van der Waals surface area contributed by atoms with Gasteiger partial charge in [-0.1, -0.05) is 35.3 Å². The Morgan fingerprint density at radius 2 is 1.81 bits per heavy atom. The molecule has 0 aliphatic rings. The summed E-state index contributed by atoms with van der Waals surface area (Å²) >= 11 is 11.9. The minimum absolute atomic E-state index is 0.111. The molecule has 0 aliphatic carbocycles. The van der Waals surface area contributed by atoms with Gasteiger partial charge >= 0.3 is 7.12 Å². The van der Waals surface area contributed by atoms with E-state index in [1.54, 1.807) is 18.2 Å². The van der Waals surface area contributed by atoms with E-state index < -0.39 is 7.12 Å². The van der Waals surface area contributed by atoms with E-state index >= 15 is 0 Å². The topological polar surface area (TPSA) is 69.6 Å². The second-order valence-electron chi connectivity index (χ2n) is 4.53. The number of anilines is 1. The lowest BCUT2D eigenvalue weighted by atomic mass is 9.80. The summed E-state index contributed by atoms with van der Waals surface area (Å²) < 4.78 is 0. The maximum Gasteiger partial charge on any atom is 0.489 e. The number of nitrogens with one attached hydrogen (secondary N) is 1. The lowest BCUT2D eigenvalue weighted by Gasteiger charge is -2.09. The number of halogens is 2. The van der Waals surface area contributed by atoms with Crippen LogP contribution in [0.5, 0.6) is 0 Å². The molecule has 3 N–H and O–H groups in total. The third-order valence-corrected chi connectivity index (χ3v) is 3.71. The highest BCUT2D eigenvalue weighted by Crippen LogP contribution is 2.20. The van der Waals surface area contributed by atoms with Crippen LogP contribution >= 0.6 is 23.2 Å². The van der Waals surface area contributed by atoms with Crippen LogP contribution in [0.3, 0.4) is 0 Å². The molecule has 0 aliphatic heterocycles. The van der Waals surface area contributed by atoms with Crippen LogP contribution in [0.15, 0.2) is 36.4 Å². The molecule has 0 atom stereocenters. The molecule has 0 heterocycles. The zero-order valence-electron chi connectivity index (χ0n) is 11.1. The smallest absolute Gasteiger partial charge is 0.423 e. The first-order valence-corrected chi connectivity index (χ1v) is 6.87. The Balaban J connectivity index is 2.20. The molecule has 0 saturated carbocycles. The molecule has 0 fully saturated rings. The number of carbonyl (C=O) groups excluding carboxylic acids is 1. The molecule has 0 spiro atoms. The minimum atomic E-state index is -1.68. The minimum Gasteiger partial charge on any atom is -0.423 e. The molecule has 4 nitrogen and oxygen atoms in total. The van der Waals surface area contributed by atoms with Crippen molar-refractivity contribution in [2.45, 2.75) is 6.92 Å². The average Bonchev–Trinajstić information content (AvgIpc) is 2.42. The molecule has 0 bridgehead atoms. The standard InChI is InChI=1S/C14H12BCl2NO3/c1-8-2-4-10(7-12(8)16)18-14(19)9-3-5-11(15(20)21)13(17)6-9/h2-7,20-21H,1H3,(H,18,19). The monoisotopic (exact) mass is 323 g/mol. The van der Waals surface area contributed by atoms with Crippen molar-refractivity contribution >= 4 is 47.4 Å². The van der Waals surface area contributed by atoms with Crippen LogP contribution in [0.2, 0.25) is 10.0 Å². The number of hydrogen-bond acceptors (Lipinski definition) is 3. The SMILES string of the molecule is Cc1ccc(NC(=O)c2ccc(B(O)O)c(Cl)c2)cc1Cl. The quantitative estimate of drug-likeness (QED) is 0.759. The van der Waals surface area contributed by atoms with Crippen LogP contribution in [-0.4, -0.2) is 23.1 Å². The van der Waals surface area contributed by atoms with Gasteiger partial charge in [0, 0.05) is 26.8 Å². The molecule has 21 heavy (non-hydrogen) atoms. The highest BCUT2D eigenvalue weighted by Gasteiger charge is 2.17. The number of rotatable bonds is 3. The Labute approximate surface area is 132 Å². The number of aryl methyl sites for hydroxylation is 1. The Hall–Kier alpha value is -1.53. The zero-order valence-corrected chi connectivity index (χ0v) is 12.6. The van der Waals surface area contributed by atoms with Crippen molar-refractivity contribution in [2.75, 3.05) is 5.32 Å². The first-order valence-electron chi connectivity index (χ1n) is 6.11. The predicted molar refractivity (Wildman–Crippen MR) is 85.4 cm³/mol. The molecule has 1 amide bonds. The van der Waals surface area contributed by atoms with Crippen LogP contribution in [0.4, 0.5) is 5.69 Å². The van der Waals surface area contributed by atoms with Crippen molar-refractivity contribution in [1.29, 1.82) is 0 Å². The third-order valence-electron chi connectivity index (χ3n) is 2.97. The third kappa shape index (κ3) is 3.77. The van der Waals surface area contributed by atoms with Crippen molar-refractivity contribution in [3.63, 3.8) is 0 Å². The van der Waals surface area contributed by atoms with Crippen molar-refractivity contribution in [1.82, 2.24) is 0 Å². The summed E-state index contributed by atoms with van der Waals surface area (Å²) in [6, 6.07) is 9.43. The predicted octanol–water partition coefficient (Wildman–Crippen LogP) is 2.23. The Morgan fingerprint density at radius 1 is 1.10 bits per heavy atom. The van der Waals surface area contributed by atoms with E-state index in [1.807, 2.05) is 6.92 Å². The first kappa shape index (κ1) is 15.9. The molecular formula is C14H12BCl2NO3. The fourth-order valence-corrected chi connectivity index (χ4v) is 2.21. The van der Waals surface area contributed by atoms with Gasteiger partial charge in [-0.25, -0.2) is 0 Å². The largest absolute Gasteiger partial charge is 0.489 e. The summed E-state index contributed by atoms with van der Waals surface area (Å²) in [5.41, 5.74) is 1.93. The fraction of sp³-hybridized carbons (Fsp3) is 0.0714. The van der Waals surface area contributed by atoms with Crippen LogP contribution < -0.4 is 10.8 Å². The second kappa shape index (κ2) is 6.49. The van der Waals surface area contributed by atoms with Gasteiger partial charge in [0.1, 0.15) is 0 Å². The van der Waals surface area contributed by atoms with Crippen molar-refractivity contribution < 1.29 is 14.8 Å². The lowest BCUT2D eigenvalue weighted by Crippen LogP contribution is -2.31. The number of amides is 1. The van der Waals surface area contributed by atoms with Crippen molar-refractivity contribution in [2.24, 2.45) is 0 Å². The molecule has 0 unspecified atom stereocenters. The summed E-state index contributed by atoms with van der Waals surface area (Å²) in [7, 11) is -1.68. The molecule has 0 radical (unpaired) electrons. The second-order valence-corrected chi connectivity index (χ2v) is 5.34. The van der Waals surface area contributed by atoms with Gasteiger partial charge in [-0.3, -0.25) is 4.79 Å². The summed E-state index contributed by atoms with van der Waals surface area (Å²) in [6.45, 7) is 1.87. The van der Waals surface area contributed by atoms with E-state index in [4.69, 9.17) is 33.2 Å². The molecule has 2 rings (SSSR count). The van der Waals surface area contributed by atoms with Crippen LogP contribution in [0.1, 0.15) is 15.9 Å². The van der Waals surface area contributed by atoms with Crippen molar-refractivity contribution in [3.05, 3.63) is 57.6 Å². The van der Waals surface area contributed by atoms with E-state index in [2.05, 4.69) is 5.32 Å². The van der Waals surface area contributed by atoms with Gasteiger partial charge in [0.25, 0.3) is 5.91 Å². The highest BCUT2D eigenvalue weighted by atomic mass is 35.5. The van der Waals surface area contributed by atoms with E-state index in [0.717, 1.165) is 5.56 Å². The van der Waals surface area contributed by atoms with Gasteiger partial charge in [0.05, 0.1) is 0 Å². The van der Waals surface area contributed by atoms with Crippen LogP contribution in [-0.2, 0) is 0 Å². The van der Waals surface area contributed by atoms with Gasteiger partial charge < -0.3 is 15.4 Å². The van der Waals surface area contributed by atoms with E-state index in [1.165, 1.54) is 18.2 Å². The summed E-state index contributed by atoms with van der Waals surface area (Å²) in [5, 5.41) is 21.5. The van der Waals surface area contributed by atoms with Gasteiger partial charge in [0.2, 0.25) is 0 Å². The molecule has 0 saturated heterocycles. The van der Waals surface area contributed by atoms with Crippen molar-refractivity contribution in [3.8, 4) is 0 Å². The van der Waals surface area contributed by atoms with E-state index in [9.17, 15) is 4.79 Å². The number of benzene rings is 2.